The van der Waals surface area contributed by atoms with Crippen LogP contribution in [0, 0.1) is 6.92 Å². The maximum absolute atomic E-state index is 13.2. The monoisotopic (exact) mass is 417 g/mol. The summed E-state index contributed by atoms with van der Waals surface area (Å²) in [5, 5.41) is 0. The zero-order chi connectivity index (χ0) is 21.6. The van der Waals surface area contributed by atoms with Crippen molar-refractivity contribution < 1.29 is 66.7 Å². The molecule has 0 aromatic carbocycles. The molecule has 15 heteroatoms. The molecule has 0 aromatic rings. The van der Waals surface area contributed by atoms with Crippen molar-refractivity contribution >= 4 is 11.6 Å². The number of ketones is 2. The van der Waals surface area contributed by atoms with E-state index in [0.717, 1.165) is 0 Å². The number of hydrogen-bond acceptors (Lipinski definition) is 2. The average Bonchev–Trinajstić information content (AvgIpc) is 2.42. The van der Waals surface area contributed by atoms with Gasteiger partial charge in [0.15, 0.2) is 11.6 Å². The first-order valence-corrected chi connectivity index (χ1v) is 5.93. The average molecular weight is 417 g/mol. The second-order valence-corrected chi connectivity index (χ2v) is 4.85. The summed E-state index contributed by atoms with van der Waals surface area (Å²) < 4.78 is 165. The quantitative estimate of drug-likeness (QED) is 0.431. The highest BCUT2D eigenvalue weighted by Gasteiger charge is 2.90. The van der Waals surface area contributed by atoms with Gasteiger partial charge in [0.05, 0.1) is 0 Å². The van der Waals surface area contributed by atoms with Gasteiger partial charge < -0.3 is 0 Å². The molecule has 0 heterocycles. The van der Waals surface area contributed by atoms with Gasteiger partial charge in [0.1, 0.15) is 0 Å². The standard InChI is InChI=1S/C11H6F13O2/c1-4(25)5(26)2-3-6(12,13)7(14,15)8(16,17)9(18,19)10(20,21)11(22,23)24/h1-3H2. The number of alkyl halides is 13. The molecular formula is C11H6F13O2. The van der Waals surface area contributed by atoms with E-state index in [4.69, 9.17) is 0 Å². The van der Waals surface area contributed by atoms with E-state index in [0.29, 0.717) is 0 Å². The lowest BCUT2D eigenvalue weighted by molar-refractivity contribution is -0.440. The van der Waals surface area contributed by atoms with Crippen molar-refractivity contribution in [3.63, 3.8) is 0 Å². The smallest absolute Gasteiger partial charge is 0.291 e. The van der Waals surface area contributed by atoms with Gasteiger partial charge in [-0.05, 0) is 0 Å². The van der Waals surface area contributed by atoms with E-state index in [1.54, 1.807) is 0 Å². The van der Waals surface area contributed by atoms with Gasteiger partial charge in [0, 0.05) is 19.8 Å². The molecule has 2 nitrogen and oxygen atoms in total. The van der Waals surface area contributed by atoms with E-state index < -0.39 is 60.2 Å². The van der Waals surface area contributed by atoms with Crippen LogP contribution < -0.4 is 0 Å². The summed E-state index contributed by atoms with van der Waals surface area (Å²) in [4.78, 5) is 21.0. The Morgan fingerprint density at radius 3 is 1.27 bits per heavy atom. The Hall–Kier alpha value is -1.57. The molecular weight excluding hydrogens is 411 g/mol. The van der Waals surface area contributed by atoms with Gasteiger partial charge in [-0.25, -0.2) is 0 Å². The van der Waals surface area contributed by atoms with Crippen molar-refractivity contribution in [2.24, 2.45) is 0 Å². The van der Waals surface area contributed by atoms with Crippen LogP contribution in [0.4, 0.5) is 57.1 Å². The number of Topliss-reactive ketones (excluding diaryl/α,β-unsaturated/α-hetero) is 2. The lowest BCUT2D eigenvalue weighted by Crippen LogP contribution is -2.70. The Morgan fingerprint density at radius 2 is 0.962 bits per heavy atom. The molecule has 0 unspecified atom stereocenters. The molecule has 1 radical (unpaired) electrons. The summed E-state index contributed by atoms with van der Waals surface area (Å²) in [6, 6.07) is 0. The molecule has 0 aliphatic heterocycles. The van der Waals surface area contributed by atoms with Crippen LogP contribution in [0.25, 0.3) is 0 Å². The Bertz CT molecular complexity index is 561. The number of carbonyl (C=O) groups is 2. The number of carbonyl (C=O) groups excluding carboxylic acids is 2. The summed E-state index contributed by atoms with van der Waals surface area (Å²) in [5.41, 5.74) is 0. The summed E-state index contributed by atoms with van der Waals surface area (Å²) in [6.07, 6.45) is -12.2. The van der Waals surface area contributed by atoms with E-state index in [-0.39, 0.29) is 0 Å². The topological polar surface area (TPSA) is 34.1 Å². The molecule has 0 saturated carbocycles. The van der Waals surface area contributed by atoms with Crippen LogP contribution in [0.5, 0.6) is 0 Å². The van der Waals surface area contributed by atoms with E-state index in [2.05, 4.69) is 6.92 Å². The Morgan fingerprint density at radius 1 is 0.615 bits per heavy atom. The number of halogens is 13. The molecule has 0 spiro atoms. The van der Waals surface area contributed by atoms with Crippen molar-refractivity contribution in [2.45, 2.75) is 48.6 Å². The summed E-state index contributed by atoms with van der Waals surface area (Å²) in [7, 11) is 0. The molecule has 0 fully saturated rings. The molecule has 0 atom stereocenters. The third-order valence-electron chi connectivity index (χ3n) is 2.98. The van der Waals surface area contributed by atoms with Gasteiger partial charge in [0.25, 0.3) is 0 Å². The van der Waals surface area contributed by atoms with Crippen molar-refractivity contribution in [3.05, 3.63) is 6.92 Å². The number of hydrogen-bond donors (Lipinski definition) is 0. The molecule has 0 aromatic heterocycles. The Kier molecular flexibility index (Phi) is 6.15. The molecule has 0 saturated heterocycles. The highest BCUT2D eigenvalue weighted by molar-refractivity contribution is 6.39. The van der Waals surface area contributed by atoms with Gasteiger partial charge >= 0.3 is 35.8 Å². The first-order valence-electron chi connectivity index (χ1n) is 5.93. The lowest BCUT2D eigenvalue weighted by Gasteiger charge is -2.39. The van der Waals surface area contributed by atoms with Gasteiger partial charge in [0.2, 0.25) is 0 Å². The highest BCUT2D eigenvalue weighted by Crippen LogP contribution is 2.60. The van der Waals surface area contributed by atoms with E-state index >= 15 is 0 Å². The van der Waals surface area contributed by atoms with Crippen molar-refractivity contribution in [2.75, 3.05) is 0 Å². The van der Waals surface area contributed by atoms with E-state index in [1.165, 1.54) is 0 Å². The summed E-state index contributed by atoms with van der Waals surface area (Å²) in [6.45, 7) is 2.34. The zero-order valence-corrected chi connectivity index (χ0v) is 11.9. The largest absolute Gasteiger partial charge is 0.460 e. The van der Waals surface area contributed by atoms with Gasteiger partial charge in [-0.1, -0.05) is 0 Å². The van der Waals surface area contributed by atoms with Crippen molar-refractivity contribution in [1.29, 1.82) is 0 Å². The minimum absolute atomic E-state index is 1.76. The van der Waals surface area contributed by atoms with Gasteiger partial charge in [-0.15, -0.1) is 0 Å². The molecule has 0 bridgehead atoms. The molecule has 153 valence electrons. The van der Waals surface area contributed by atoms with Crippen LogP contribution in [0.3, 0.4) is 0 Å². The Labute approximate surface area is 135 Å². The fraction of sp³-hybridized carbons (Fsp3) is 0.727. The second kappa shape index (κ2) is 6.55. The van der Waals surface area contributed by atoms with E-state index in [1.807, 2.05) is 0 Å². The zero-order valence-electron chi connectivity index (χ0n) is 11.9. The minimum atomic E-state index is -7.99. The first kappa shape index (κ1) is 24.4. The predicted molar refractivity (Wildman–Crippen MR) is 55.4 cm³/mol. The fourth-order valence-corrected chi connectivity index (χ4v) is 1.37. The van der Waals surface area contributed by atoms with Crippen LogP contribution in [-0.4, -0.2) is 47.4 Å². The Balaban J connectivity index is 6.00. The van der Waals surface area contributed by atoms with Crippen LogP contribution in [0.1, 0.15) is 12.8 Å². The maximum Gasteiger partial charge on any atom is 0.460 e. The van der Waals surface area contributed by atoms with Crippen LogP contribution >= 0.6 is 0 Å². The third kappa shape index (κ3) is 3.61. The first-order chi connectivity index (χ1) is 11.1. The summed E-state index contributed by atoms with van der Waals surface area (Å²) in [5.74, 6) is -41.2. The van der Waals surface area contributed by atoms with Crippen LogP contribution in [-0.2, 0) is 9.59 Å². The maximum atomic E-state index is 13.2. The second-order valence-electron chi connectivity index (χ2n) is 4.85. The molecule has 26 heavy (non-hydrogen) atoms. The van der Waals surface area contributed by atoms with Crippen LogP contribution in [0.2, 0.25) is 0 Å². The number of rotatable bonds is 8. The normalized spacial score (nSPS) is 15.2. The summed E-state index contributed by atoms with van der Waals surface area (Å²) >= 11 is 0. The predicted octanol–water partition coefficient (Wildman–Crippen LogP) is 4.48. The van der Waals surface area contributed by atoms with Crippen molar-refractivity contribution in [1.82, 2.24) is 0 Å². The highest BCUT2D eigenvalue weighted by atomic mass is 19.4. The SMILES string of the molecule is [CH2]C(=O)C(=O)CCC(F)(F)C(F)(F)C(F)(F)C(F)(F)C(F)(F)C(F)(F)F. The third-order valence-corrected chi connectivity index (χ3v) is 2.98. The molecule has 0 amide bonds. The van der Waals surface area contributed by atoms with Crippen molar-refractivity contribution in [3.8, 4) is 0 Å². The molecule has 0 N–H and O–H groups in total. The molecule has 0 aliphatic carbocycles. The lowest BCUT2D eigenvalue weighted by atomic mass is 9.91. The van der Waals surface area contributed by atoms with E-state index in [9.17, 15) is 66.7 Å². The molecule has 0 rings (SSSR count). The minimum Gasteiger partial charge on any atom is -0.291 e. The molecule has 0 aliphatic rings. The van der Waals surface area contributed by atoms with Gasteiger partial charge in [-0.3, -0.25) is 9.59 Å². The van der Waals surface area contributed by atoms with Gasteiger partial charge in [-0.2, -0.15) is 57.1 Å². The van der Waals surface area contributed by atoms with Crippen LogP contribution in [0.15, 0.2) is 0 Å². The fourth-order valence-electron chi connectivity index (χ4n) is 1.37.